The first kappa shape index (κ1) is 16.8. The third-order valence-corrected chi connectivity index (χ3v) is 4.12. The van der Waals surface area contributed by atoms with Crippen molar-refractivity contribution < 1.29 is 9.90 Å². The molecule has 0 aliphatic rings. The van der Waals surface area contributed by atoms with E-state index in [0.29, 0.717) is 22.9 Å². The molecule has 2 aromatic rings. The molecule has 0 atom stereocenters. The van der Waals surface area contributed by atoms with Crippen LogP contribution in [0.5, 0.6) is 0 Å². The number of carbonyl (C=O) groups is 1. The second-order valence-electron chi connectivity index (χ2n) is 5.10. The number of nitrogens with one attached hydrogen (secondary N) is 1. The van der Waals surface area contributed by atoms with Crippen molar-refractivity contribution in [3.05, 3.63) is 63.1 Å². The molecule has 0 bridgehead atoms. The molecule has 0 saturated carbocycles. The van der Waals surface area contributed by atoms with E-state index in [2.05, 4.69) is 5.32 Å². The van der Waals surface area contributed by atoms with E-state index in [9.17, 15) is 4.79 Å². The van der Waals surface area contributed by atoms with Gasteiger partial charge in [-0.15, -0.1) is 0 Å². The summed E-state index contributed by atoms with van der Waals surface area (Å²) < 4.78 is 0. The number of hydrogen-bond acceptors (Lipinski definition) is 2. The molecule has 2 aromatic carbocycles. The summed E-state index contributed by atoms with van der Waals surface area (Å²) in [4.78, 5) is 12.1. The lowest BCUT2D eigenvalue weighted by atomic mass is 10.1. The Balaban J connectivity index is 1.97. The van der Waals surface area contributed by atoms with Crippen molar-refractivity contribution in [2.45, 2.75) is 26.4 Å². The predicted molar refractivity (Wildman–Crippen MR) is 90.5 cm³/mol. The highest BCUT2D eigenvalue weighted by Gasteiger charge is 2.07. The van der Waals surface area contributed by atoms with Gasteiger partial charge in [0.1, 0.15) is 0 Å². The van der Waals surface area contributed by atoms with E-state index in [-0.39, 0.29) is 12.5 Å². The van der Waals surface area contributed by atoms with Crippen LogP contribution >= 0.6 is 23.2 Å². The van der Waals surface area contributed by atoms with Gasteiger partial charge >= 0.3 is 0 Å². The molecule has 0 aliphatic heterocycles. The summed E-state index contributed by atoms with van der Waals surface area (Å²) in [5, 5.41) is 13.0. The number of aryl methyl sites for hydroxylation is 2. The molecule has 22 heavy (non-hydrogen) atoms. The Morgan fingerprint density at radius 2 is 1.82 bits per heavy atom. The van der Waals surface area contributed by atoms with Gasteiger partial charge in [0.15, 0.2) is 0 Å². The summed E-state index contributed by atoms with van der Waals surface area (Å²) >= 11 is 11.8. The van der Waals surface area contributed by atoms with E-state index >= 15 is 0 Å². The molecule has 0 radical (unpaired) electrons. The minimum Gasteiger partial charge on any atom is -0.392 e. The number of amides is 1. The lowest BCUT2D eigenvalue weighted by molar-refractivity contribution is -0.116. The Kier molecular flexibility index (Phi) is 5.83. The van der Waals surface area contributed by atoms with Gasteiger partial charge in [0.05, 0.1) is 16.7 Å². The molecule has 5 heteroatoms. The third-order valence-electron chi connectivity index (χ3n) is 3.38. The summed E-state index contributed by atoms with van der Waals surface area (Å²) in [6, 6.07) is 10.9. The van der Waals surface area contributed by atoms with Crippen LogP contribution < -0.4 is 5.32 Å². The number of benzene rings is 2. The molecule has 0 heterocycles. The van der Waals surface area contributed by atoms with E-state index in [1.807, 2.05) is 25.1 Å². The third kappa shape index (κ3) is 4.47. The van der Waals surface area contributed by atoms with Gasteiger partial charge in [-0.2, -0.15) is 0 Å². The minimum absolute atomic E-state index is 0.0492. The summed E-state index contributed by atoms with van der Waals surface area (Å²) in [5.74, 6) is -0.0794. The maximum Gasteiger partial charge on any atom is 0.224 e. The van der Waals surface area contributed by atoms with E-state index in [0.717, 1.165) is 22.4 Å². The molecule has 1 amide bonds. The molecule has 3 nitrogen and oxygen atoms in total. The molecular weight excluding hydrogens is 321 g/mol. The van der Waals surface area contributed by atoms with E-state index in [1.165, 1.54) is 0 Å². The van der Waals surface area contributed by atoms with Crippen molar-refractivity contribution in [3.8, 4) is 0 Å². The quantitative estimate of drug-likeness (QED) is 0.851. The average Bonchev–Trinajstić information content (AvgIpc) is 2.50. The van der Waals surface area contributed by atoms with Crippen LogP contribution in [0.25, 0.3) is 0 Å². The van der Waals surface area contributed by atoms with Gasteiger partial charge in [0.25, 0.3) is 0 Å². The Hall–Kier alpha value is -1.55. The van der Waals surface area contributed by atoms with Gasteiger partial charge in [0, 0.05) is 12.1 Å². The van der Waals surface area contributed by atoms with Gasteiger partial charge in [0.2, 0.25) is 5.91 Å². The number of rotatable bonds is 5. The van der Waals surface area contributed by atoms with Crippen LogP contribution in [0.4, 0.5) is 5.69 Å². The number of carbonyl (C=O) groups excluding carboxylic acids is 1. The smallest absolute Gasteiger partial charge is 0.224 e. The topological polar surface area (TPSA) is 49.3 Å². The minimum atomic E-state index is -0.0794. The second kappa shape index (κ2) is 7.63. The van der Waals surface area contributed by atoms with Crippen LogP contribution in [0.2, 0.25) is 10.0 Å². The predicted octanol–water partition coefficient (Wildman–Crippen LogP) is 4.37. The lowest BCUT2D eigenvalue weighted by Gasteiger charge is -2.10. The van der Waals surface area contributed by atoms with Gasteiger partial charge in [-0.3, -0.25) is 4.79 Å². The Morgan fingerprint density at radius 3 is 2.50 bits per heavy atom. The van der Waals surface area contributed by atoms with E-state index in [4.69, 9.17) is 28.3 Å². The highest BCUT2D eigenvalue weighted by atomic mass is 35.5. The number of hydrogen-bond donors (Lipinski definition) is 2. The van der Waals surface area contributed by atoms with Crippen molar-refractivity contribution in [3.63, 3.8) is 0 Å². The normalized spacial score (nSPS) is 10.5. The van der Waals surface area contributed by atoms with Crippen molar-refractivity contribution in [1.29, 1.82) is 0 Å². The van der Waals surface area contributed by atoms with E-state index in [1.54, 1.807) is 18.2 Å². The van der Waals surface area contributed by atoms with Crippen LogP contribution in [-0.4, -0.2) is 11.0 Å². The maximum absolute atomic E-state index is 12.1. The molecule has 2 rings (SSSR count). The van der Waals surface area contributed by atoms with Crippen LogP contribution in [0.15, 0.2) is 36.4 Å². The molecule has 2 N–H and O–H groups in total. The summed E-state index contributed by atoms with van der Waals surface area (Å²) in [6.45, 7) is 1.86. The van der Waals surface area contributed by atoms with Crippen LogP contribution in [0, 0.1) is 6.92 Å². The summed E-state index contributed by atoms with van der Waals surface area (Å²) in [7, 11) is 0. The number of aliphatic hydroxyl groups is 1. The Bertz CT molecular complexity index is 686. The first-order chi connectivity index (χ1) is 10.5. The SMILES string of the molecule is Cc1ccc(CO)cc1NC(=O)CCc1ccc(Cl)c(Cl)c1. The molecule has 0 unspecified atom stereocenters. The molecule has 0 spiro atoms. The summed E-state index contributed by atoms with van der Waals surface area (Å²) in [6.07, 6.45) is 0.933. The van der Waals surface area contributed by atoms with Gasteiger partial charge < -0.3 is 10.4 Å². The molecule has 0 aromatic heterocycles. The van der Waals surface area contributed by atoms with Crippen LogP contribution in [0.3, 0.4) is 0 Å². The number of aliphatic hydroxyl groups excluding tert-OH is 1. The average molecular weight is 338 g/mol. The highest BCUT2D eigenvalue weighted by molar-refractivity contribution is 6.42. The molecular formula is C17H17Cl2NO2. The van der Waals surface area contributed by atoms with Gasteiger partial charge in [-0.05, 0) is 48.2 Å². The van der Waals surface area contributed by atoms with Crippen molar-refractivity contribution in [1.82, 2.24) is 0 Å². The zero-order valence-electron chi connectivity index (χ0n) is 12.2. The second-order valence-corrected chi connectivity index (χ2v) is 5.92. The Morgan fingerprint density at radius 1 is 1.09 bits per heavy atom. The molecule has 0 aliphatic carbocycles. The summed E-state index contributed by atoms with van der Waals surface area (Å²) in [5.41, 5.74) is 3.42. The number of halogens is 2. The van der Waals surface area contributed by atoms with Crippen LogP contribution in [0.1, 0.15) is 23.1 Å². The monoisotopic (exact) mass is 337 g/mol. The largest absolute Gasteiger partial charge is 0.392 e. The van der Waals surface area contributed by atoms with E-state index < -0.39 is 0 Å². The van der Waals surface area contributed by atoms with Crippen LogP contribution in [-0.2, 0) is 17.8 Å². The molecule has 0 fully saturated rings. The first-order valence-corrected chi connectivity index (χ1v) is 7.69. The first-order valence-electron chi connectivity index (χ1n) is 6.94. The molecule has 116 valence electrons. The zero-order chi connectivity index (χ0) is 16.1. The molecule has 0 saturated heterocycles. The van der Waals surface area contributed by atoms with Crippen molar-refractivity contribution in [2.24, 2.45) is 0 Å². The van der Waals surface area contributed by atoms with Gasteiger partial charge in [-0.1, -0.05) is 41.4 Å². The highest BCUT2D eigenvalue weighted by Crippen LogP contribution is 2.23. The standard InChI is InChI=1S/C17H17Cl2NO2/c1-11-2-3-13(10-21)9-16(11)20-17(22)7-5-12-4-6-14(18)15(19)8-12/h2-4,6,8-9,21H,5,7,10H2,1H3,(H,20,22). The fourth-order valence-electron chi connectivity index (χ4n) is 2.07. The Labute approximate surface area is 139 Å². The fraction of sp³-hybridized carbons (Fsp3) is 0.235. The van der Waals surface area contributed by atoms with Crippen molar-refractivity contribution >= 4 is 34.8 Å². The number of anilines is 1. The van der Waals surface area contributed by atoms with Crippen molar-refractivity contribution in [2.75, 3.05) is 5.32 Å². The lowest BCUT2D eigenvalue weighted by Crippen LogP contribution is -2.13. The maximum atomic E-state index is 12.1. The fourth-order valence-corrected chi connectivity index (χ4v) is 2.39. The van der Waals surface area contributed by atoms with Gasteiger partial charge in [-0.25, -0.2) is 0 Å². The zero-order valence-corrected chi connectivity index (χ0v) is 13.7.